The second-order valence-electron chi connectivity index (χ2n) is 8.04. The molecule has 0 aromatic heterocycles. The predicted molar refractivity (Wildman–Crippen MR) is 97.6 cm³/mol. The Kier molecular flexibility index (Phi) is 6.89. The molecule has 1 aliphatic carbocycles. The zero-order valence-corrected chi connectivity index (χ0v) is 15.9. The second kappa shape index (κ2) is 9.15. The van der Waals surface area contributed by atoms with Gasteiger partial charge in [0.1, 0.15) is 0 Å². The highest BCUT2D eigenvalue weighted by atomic mass is 16.5. The molecule has 0 bridgehead atoms. The van der Waals surface area contributed by atoms with Crippen LogP contribution in [0.1, 0.15) is 39.0 Å². The van der Waals surface area contributed by atoms with Crippen molar-refractivity contribution in [2.75, 3.05) is 52.5 Å². The number of hydrogen-bond acceptors (Lipinski definition) is 5. The van der Waals surface area contributed by atoms with Crippen LogP contribution in [-0.2, 0) is 14.3 Å². The third-order valence-electron chi connectivity index (χ3n) is 5.73. The number of aliphatic hydroxyl groups is 1. The molecule has 0 radical (unpaired) electrons. The Labute approximate surface area is 156 Å². The van der Waals surface area contributed by atoms with Gasteiger partial charge in [0.2, 0.25) is 11.8 Å². The van der Waals surface area contributed by atoms with Gasteiger partial charge in [-0.2, -0.15) is 0 Å². The summed E-state index contributed by atoms with van der Waals surface area (Å²) in [6.45, 7) is 6.61. The summed E-state index contributed by atoms with van der Waals surface area (Å²) in [6, 6.07) is -0.0480. The Morgan fingerprint density at radius 2 is 1.92 bits per heavy atom. The Morgan fingerprint density at radius 3 is 2.58 bits per heavy atom. The van der Waals surface area contributed by atoms with Crippen LogP contribution in [0.25, 0.3) is 0 Å². The minimum atomic E-state index is -0.0480. The molecule has 2 saturated heterocycles. The van der Waals surface area contributed by atoms with Gasteiger partial charge >= 0.3 is 0 Å². The molecule has 2 aliphatic heterocycles. The monoisotopic (exact) mass is 367 g/mol. The number of rotatable bonds is 9. The van der Waals surface area contributed by atoms with Gasteiger partial charge in [-0.05, 0) is 38.5 Å². The van der Waals surface area contributed by atoms with Crippen molar-refractivity contribution in [3.63, 3.8) is 0 Å². The molecule has 0 aromatic carbocycles. The molecule has 2 amide bonds. The van der Waals surface area contributed by atoms with Gasteiger partial charge in [-0.3, -0.25) is 14.5 Å². The average molecular weight is 367 g/mol. The molecule has 7 nitrogen and oxygen atoms in total. The van der Waals surface area contributed by atoms with E-state index in [4.69, 9.17) is 4.74 Å². The van der Waals surface area contributed by atoms with Crippen LogP contribution in [0, 0.1) is 5.92 Å². The number of nitrogens with zero attached hydrogens (tertiary/aromatic N) is 3. The first kappa shape index (κ1) is 19.6. The lowest BCUT2D eigenvalue weighted by molar-refractivity contribution is -0.132. The quantitative estimate of drug-likeness (QED) is 0.635. The number of aliphatic hydroxyl groups excluding tert-OH is 1. The van der Waals surface area contributed by atoms with Gasteiger partial charge in [0.15, 0.2) is 0 Å². The van der Waals surface area contributed by atoms with Crippen molar-refractivity contribution in [3.8, 4) is 0 Å². The van der Waals surface area contributed by atoms with Gasteiger partial charge < -0.3 is 19.6 Å². The van der Waals surface area contributed by atoms with Crippen LogP contribution in [0.2, 0.25) is 0 Å². The number of carbonyl (C=O) groups is 2. The van der Waals surface area contributed by atoms with E-state index in [0.29, 0.717) is 38.5 Å². The maximum absolute atomic E-state index is 12.7. The van der Waals surface area contributed by atoms with E-state index in [1.165, 1.54) is 12.8 Å². The molecular weight excluding hydrogens is 334 g/mol. The fourth-order valence-corrected chi connectivity index (χ4v) is 3.73. The molecule has 0 unspecified atom stereocenters. The average Bonchev–Trinajstić information content (AvgIpc) is 3.39. The number of hydrogen-bond donors (Lipinski definition) is 1. The van der Waals surface area contributed by atoms with Gasteiger partial charge in [-0.25, -0.2) is 0 Å². The standard InChI is InChI=1S/C19H33N3O4/c1-15(13-23)22-11-17(26-14-16-5-6-16)10-21(19(25)12-22)9-3-8-20-7-2-4-18(20)24/h15-17,23H,2-14H2,1H3/t15-,17+/m1/s1. The van der Waals surface area contributed by atoms with E-state index < -0.39 is 0 Å². The van der Waals surface area contributed by atoms with Crippen molar-refractivity contribution >= 4 is 11.8 Å². The highest BCUT2D eigenvalue weighted by Crippen LogP contribution is 2.29. The predicted octanol–water partition coefficient (Wildman–Crippen LogP) is 0.319. The molecule has 3 fully saturated rings. The van der Waals surface area contributed by atoms with Crippen molar-refractivity contribution in [1.29, 1.82) is 0 Å². The van der Waals surface area contributed by atoms with E-state index >= 15 is 0 Å². The summed E-state index contributed by atoms with van der Waals surface area (Å²) < 4.78 is 6.11. The molecule has 148 valence electrons. The third kappa shape index (κ3) is 5.41. The summed E-state index contributed by atoms with van der Waals surface area (Å²) in [7, 11) is 0. The van der Waals surface area contributed by atoms with Crippen molar-refractivity contribution < 1.29 is 19.4 Å². The highest BCUT2D eigenvalue weighted by Gasteiger charge is 2.32. The summed E-state index contributed by atoms with van der Waals surface area (Å²) in [5, 5.41) is 9.49. The first-order chi connectivity index (χ1) is 12.6. The van der Waals surface area contributed by atoms with Gasteiger partial charge in [-0.15, -0.1) is 0 Å². The van der Waals surface area contributed by atoms with Crippen molar-refractivity contribution in [1.82, 2.24) is 14.7 Å². The van der Waals surface area contributed by atoms with E-state index in [-0.39, 0.29) is 30.6 Å². The minimum absolute atomic E-state index is 0.00975. The van der Waals surface area contributed by atoms with Gasteiger partial charge in [0.05, 0.1) is 19.3 Å². The fourth-order valence-electron chi connectivity index (χ4n) is 3.73. The molecule has 2 atom stereocenters. The lowest BCUT2D eigenvalue weighted by Gasteiger charge is -2.27. The highest BCUT2D eigenvalue weighted by molar-refractivity contribution is 5.79. The molecule has 2 heterocycles. The summed E-state index contributed by atoms with van der Waals surface area (Å²) in [4.78, 5) is 30.3. The Hall–Kier alpha value is -1.18. The number of carbonyl (C=O) groups excluding carboxylic acids is 2. The zero-order valence-electron chi connectivity index (χ0n) is 15.9. The molecule has 7 heteroatoms. The van der Waals surface area contributed by atoms with Crippen molar-refractivity contribution in [2.24, 2.45) is 5.92 Å². The number of ether oxygens (including phenoxy) is 1. The Morgan fingerprint density at radius 1 is 1.15 bits per heavy atom. The molecule has 0 aromatic rings. The Bertz CT molecular complexity index is 497. The van der Waals surface area contributed by atoms with Gasteiger partial charge in [0.25, 0.3) is 0 Å². The summed E-state index contributed by atoms with van der Waals surface area (Å²) in [6.07, 6.45) is 4.90. The number of amides is 2. The smallest absolute Gasteiger partial charge is 0.236 e. The van der Waals surface area contributed by atoms with Crippen LogP contribution >= 0.6 is 0 Å². The van der Waals surface area contributed by atoms with Crippen LogP contribution in [0.15, 0.2) is 0 Å². The van der Waals surface area contributed by atoms with Crippen LogP contribution in [-0.4, -0.2) is 96.2 Å². The van der Waals surface area contributed by atoms with Crippen molar-refractivity contribution in [3.05, 3.63) is 0 Å². The van der Waals surface area contributed by atoms with Crippen LogP contribution in [0.5, 0.6) is 0 Å². The van der Waals surface area contributed by atoms with Crippen LogP contribution in [0.4, 0.5) is 0 Å². The van der Waals surface area contributed by atoms with E-state index in [1.807, 2.05) is 21.6 Å². The topological polar surface area (TPSA) is 73.3 Å². The maximum Gasteiger partial charge on any atom is 0.236 e. The fraction of sp³-hybridized carbons (Fsp3) is 0.895. The van der Waals surface area contributed by atoms with Gasteiger partial charge in [-0.1, -0.05) is 0 Å². The van der Waals surface area contributed by atoms with Crippen LogP contribution in [0.3, 0.4) is 0 Å². The maximum atomic E-state index is 12.7. The van der Waals surface area contributed by atoms with E-state index in [9.17, 15) is 14.7 Å². The van der Waals surface area contributed by atoms with Crippen LogP contribution < -0.4 is 0 Å². The Balaban J connectivity index is 1.53. The molecule has 3 aliphatic rings. The first-order valence-electron chi connectivity index (χ1n) is 10.1. The zero-order chi connectivity index (χ0) is 18.5. The SMILES string of the molecule is C[C@H](CO)N1CC(=O)N(CCCN2CCCC2=O)C[C@H](OCC2CC2)C1. The third-order valence-corrected chi connectivity index (χ3v) is 5.73. The van der Waals surface area contributed by atoms with Gasteiger partial charge in [0, 0.05) is 51.8 Å². The second-order valence-corrected chi connectivity index (χ2v) is 8.04. The molecule has 1 saturated carbocycles. The van der Waals surface area contributed by atoms with Crippen molar-refractivity contribution in [2.45, 2.75) is 51.2 Å². The summed E-state index contributed by atoms with van der Waals surface area (Å²) in [5.41, 5.74) is 0. The molecule has 3 rings (SSSR count). The minimum Gasteiger partial charge on any atom is -0.395 e. The normalized spacial score (nSPS) is 26.5. The summed E-state index contributed by atoms with van der Waals surface area (Å²) >= 11 is 0. The first-order valence-corrected chi connectivity index (χ1v) is 10.1. The molecular formula is C19H33N3O4. The molecule has 26 heavy (non-hydrogen) atoms. The number of likely N-dealkylation sites (tertiary alicyclic amines) is 1. The van der Waals surface area contributed by atoms with E-state index in [1.54, 1.807) is 0 Å². The summed E-state index contributed by atoms with van der Waals surface area (Å²) in [5.74, 6) is 1.02. The molecule has 1 N–H and O–H groups in total. The van der Waals surface area contributed by atoms with E-state index in [2.05, 4.69) is 0 Å². The largest absolute Gasteiger partial charge is 0.395 e. The van der Waals surface area contributed by atoms with E-state index in [0.717, 1.165) is 32.5 Å². The molecule has 0 spiro atoms. The lowest BCUT2D eigenvalue weighted by atomic mass is 10.2. The lowest BCUT2D eigenvalue weighted by Crippen LogP contribution is -2.43.